The van der Waals surface area contributed by atoms with Crippen LogP contribution >= 0.6 is 0 Å². The number of carbonyl (C=O) groups is 3. The quantitative estimate of drug-likeness (QED) is 0.643. The van der Waals surface area contributed by atoms with Gasteiger partial charge in [0.2, 0.25) is 5.91 Å². The van der Waals surface area contributed by atoms with E-state index in [9.17, 15) is 19.6 Å². The monoisotopic (exact) mass is 269 g/mol. The average molecular weight is 269 g/mol. The molecule has 1 saturated heterocycles. The van der Waals surface area contributed by atoms with Crippen LogP contribution in [0.2, 0.25) is 0 Å². The normalized spacial score (nSPS) is 28.9. The summed E-state index contributed by atoms with van der Waals surface area (Å²) in [6.45, 7) is 2.37. The summed E-state index contributed by atoms with van der Waals surface area (Å²) in [5.74, 6) is -1.77. The lowest BCUT2D eigenvalue weighted by Crippen LogP contribution is -3.17. The molecule has 2 rings (SSSR count). The standard InChI is InChI=1S/C12H19N3O4/c1-8(16)13-12(18)11(10-6-4-3-5-7-10)15(19)14(13)9(2)17/h10-11,15H,3-7H2,1-2H3. The smallest absolute Gasteiger partial charge is 0.313 e. The summed E-state index contributed by atoms with van der Waals surface area (Å²) in [6.07, 6.45) is 4.70. The van der Waals surface area contributed by atoms with E-state index in [1.54, 1.807) is 0 Å². The number of carbonyl (C=O) groups excluding carboxylic acids is 3. The van der Waals surface area contributed by atoms with E-state index in [0.717, 1.165) is 32.1 Å². The van der Waals surface area contributed by atoms with Crippen LogP contribution in [0.5, 0.6) is 0 Å². The van der Waals surface area contributed by atoms with Gasteiger partial charge in [0, 0.05) is 19.8 Å². The fourth-order valence-electron chi connectivity index (χ4n) is 3.03. The van der Waals surface area contributed by atoms with E-state index in [0.29, 0.717) is 10.1 Å². The lowest BCUT2D eigenvalue weighted by molar-refractivity contribution is -0.977. The molecular weight excluding hydrogens is 250 g/mol. The Kier molecular flexibility index (Phi) is 3.86. The van der Waals surface area contributed by atoms with Crippen molar-refractivity contribution in [1.29, 1.82) is 0 Å². The third-order valence-corrected chi connectivity index (χ3v) is 3.87. The number of hydrazine groups is 1. The van der Waals surface area contributed by atoms with Crippen molar-refractivity contribution in [2.24, 2.45) is 5.92 Å². The molecule has 0 spiro atoms. The highest BCUT2D eigenvalue weighted by Crippen LogP contribution is 2.28. The van der Waals surface area contributed by atoms with Crippen molar-refractivity contribution in [3.63, 3.8) is 0 Å². The minimum Gasteiger partial charge on any atom is -0.606 e. The van der Waals surface area contributed by atoms with Gasteiger partial charge in [-0.2, -0.15) is 0 Å². The number of nitrogens with zero attached hydrogens (tertiary/aromatic N) is 2. The van der Waals surface area contributed by atoms with Crippen molar-refractivity contribution >= 4 is 17.7 Å². The second-order valence-electron chi connectivity index (χ2n) is 5.21. The molecule has 2 fully saturated rings. The Morgan fingerprint density at radius 2 is 1.74 bits per heavy atom. The van der Waals surface area contributed by atoms with Gasteiger partial charge in [-0.3, -0.25) is 14.4 Å². The maximum atomic E-state index is 12.3. The van der Waals surface area contributed by atoms with Crippen molar-refractivity contribution in [3.8, 4) is 0 Å². The van der Waals surface area contributed by atoms with Gasteiger partial charge >= 0.3 is 5.91 Å². The van der Waals surface area contributed by atoms with Gasteiger partial charge in [0.1, 0.15) is 0 Å². The Hall–Kier alpha value is -1.47. The number of quaternary nitrogens is 1. The lowest BCUT2D eigenvalue weighted by Gasteiger charge is -2.33. The number of hydroxylamine groups is 1. The van der Waals surface area contributed by atoms with Gasteiger partial charge in [0.25, 0.3) is 5.91 Å². The number of rotatable bonds is 1. The molecule has 1 aliphatic carbocycles. The van der Waals surface area contributed by atoms with Crippen molar-refractivity contribution in [3.05, 3.63) is 5.21 Å². The van der Waals surface area contributed by atoms with Crippen molar-refractivity contribution in [2.45, 2.75) is 52.0 Å². The SMILES string of the molecule is CC(=O)N1C(=O)C(C2CCCCC2)[NH+]([O-])N1C(C)=O. The van der Waals surface area contributed by atoms with Gasteiger partial charge < -0.3 is 5.21 Å². The van der Waals surface area contributed by atoms with Gasteiger partial charge in [-0.1, -0.05) is 24.4 Å². The van der Waals surface area contributed by atoms with Crippen LogP contribution < -0.4 is 5.17 Å². The van der Waals surface area contributed by atoms with Gasteiger partial charge in [-0.25, -0.2) is 5.17 Å². The zero-order valence-corrected chi connectivity index (χ0v) is 11.2. The van der Waals surface area contributed by atoms with Crippen LogP contribution in [-0.4, -0.2) is 33.9 Å². The van der Waals surface area contributed by atoms with Crippen LogP contribution in [0, 0.1) is 11.1 Å². The average Bonchev–Trinajstić information content (AvgIpc) is 2.62. The molecule has 1 heterocycles. The Morgan fingerprint density at radius 1 is 1.16 bits per heavy atom. The van der Waals surface area contributed by atoms with Crippen LogP contribution in [0.1, 0.15) is 46.0 Å². The Bertz CT molecular complexity index is 406. The Labute approximate surface area is 111 Å². The fourth-order valence-corrected chi connectivity index (χ4v) is 3.03. The van der Waals surface area contributed by atoms with Crippen molar-refractivity contribution < 1.29 is 19.6 Å². The summed E-state index contributed by atoms with van der Waals surface area (Å²) < 4.78 is 0. The highest BCUT2D eigenvalue weighted by atomic mass is 16.6. The molecule has 1 saturated carbocycles. The first-order chi connectivity index (χ1) is 8.95. The Balaban J connectivity index is 2.27. The summed E-state index contributed by atoms with van der Waals surface area (Å²) in [7, 11) is 0. The number of hydrogen-bond acceptors (Lipinski definition) is 4. The second-order valence-corrected chi connectivity index (χ2v) is 5.21. The second kappa shape index (κ2) is 5.26. The zero-order valence-electron chi connectivity index (χ0n) is 11.2. The molecule has 0 bridgehead atoms. The summed E-state index contributed by atoms with van der Waals surface area (Å²) in [4.78, 5) is 35.3. The molecule has 0 radical (unpaired) electrons. The third-order valence-electron chi connectivity index (χ3n) is 3.87. The maximum absolute atomic E-state index is 12.3. The van der Waals surface area contributed by atoms with E-state index >= 15 is 0 Å². The summed E-state index contributed by atoms with van der Waals surface area (Å²) in [5.41, 5.74) is 0. The van der Waals surface area contributed by atoms with E-state index in [1.165, 1.54) is 13.8 Å². The van der Waals surface area contributed by atoms with E-state index in [4.69, 9.17) is 0 Å². The van der Waals surface area contributed by atoms with Crippen LogP contribution in [0.15, 0.2) is 0 Å². The highest BCUT2D eigenvalue weighted by molar-refractivity contribution is 5.98. The first-order valence-electron chi connectivity index (χ1n) is 6.64. The summed E-state index contributed by atoms with van der Waals surface area (Å²) in [5, 5.41) is 13.1. The molecular formula is C12H19N3O4. The molecule has 19 heavy (non-hydrogen) atoms. The molecule has 3 amide bonds. The molecule has 7 nitrogen and oxygen atoms in total. The zero-order chi connectivity index (χ0) is 14.2. The maximum Gasteiger partial charge on any atom is 0.313 e. The fraction of sp³-hybridized carbons (Fsp3) is 0.750. The molecule has 2 aliphatic rings. The molecule has 2 atom stereocenters. The topological polar surface area (TPSA) is 85.2 Å². The number of imide groups is 1. The number of nitrogens with one attached hydrogen (secondary N) is 1. The highest BCUT2D eigenvalue weighted by Gasteiger charge is 2.52. The molecule has 1 N–H and O–H groups in total. The first kappa shape index (κ1) is 14.0. The molecule has 0 aromatic rings. The van der Waals surface area contributed by atoms with Crippen molar-refractivity contribution in [1.82, 2.24) is 10.1 Å². The van der Waals surface area contributed by atoms with Crippen LogP contribution in [0.3, 0.4) is 0 Å². The van der Waals surface area contributed by atoms with Gasteiger partial charge in [-0.05, 0) is 12.8 Å². The summed E-state index contributed by atoms with van der Waals surface area (Å²) in [6, 6.07) is -0.854. The van der Waals surface area contributed by atoms with E-state index in [1.807, 2.05) is 0 Å². The molecule has 0 aromatic carbocycles. The Morgan fingerprint density at radius 3 is 2.16 bits per heavy atom. The van der Waals surface area contributed by atoms with Gasteiger partial charge in [0.05, 0.1) is 0 Å². The molecule has 106 valence electrons. The van der Waals surface area contributed by atoms with Gasteiger partial charge in [-0.15, -0.1) is 5.01 Å². The largest absolute Gasteiger partial charge is 0.606 e. The van der Waals surface area contributed by atoms with E-state index in [-0.39, 0.29) is 5.92 Å². The third kappa shape index (κ3) is 2.35. The van der Waals surface area contributed by atoms with Crippen LogP contribution in [0.25, 0.3) is 0 Å². The number of amides is 3. The number of hydrogen-bond donors (Lipinski definition) is 1. The van der Waals surface area contributed by atoms with E-state index < -0.39 is 28.9 Å². The van der Waals surface area contributed by atoms with E-state index in [2.05, 4.69) is 0 Å². The van der Waals surface area contributed by atoms with Crippen LogP contribution in [-0.2, 0) is 14.4 Å². The van der Waals surface area contributed by atoms with Crippen molar-refractivity contribution in [2.75, 3.05) is 0 Å². The molecule has 0 aromatic heterocycles. The lowest BCUT2D eigenvalue weighted by atomic mass is 9.84. The predicted octanol–water partition coefficient (Wildman–Crippen LogP) is -0.615. The molecule has 7 heteroatoms. The predicted molar refractivity (Wildman–Crippen MR) is 64.7 cm³/mol. The van der Waals surface area contributed by atoms with Crippen LogP contribution in [0.4, 0.5) is 0 Å². The van der Waals surface area contributed by atoms with Gasteiger partial charge in [0.15, 0.2) is 6.04 Å². The minimum absolute atomic E-state index is 0.0417. The first-order valence-corrected chi connectivity index (χ1v) is 6.64. The summed E-state index contributed by atoms with van der Waals surface area (Å²) >= 11 is 0. The minimum atomic E-state index is -0.854. The molecule has 1 aliphatic heterocycles. The molecule has 2 unspecified atom stereocenters.